The number of hydrogen-bond donors (Lipinski definition) is 0. The maximum atomic E-state index is 10.6. The van der Waals surface area contributed by atoms with Crippen LogP contribution in [0, 0.1) is 0 Å². The molecule has 0 amide bonds. The van der Waals surface area contributed by atoms with Gasteiger partial charge in [-0.15, -0.1) is 0 Å². The minimum Gasteiger partial charge on any atom is -0.211 e. The van der Waals surface area contributed by atoms with Gasteiger partial charge in [-0.25, -0.2) is 9.59 Å². The third-order valence-electron chi connectivity index (χ3n) is 3.18. The van der Waals surface area contributed by atoms with Crippen molar-refractivity contribution in [1.82, 2.24) is 0 Å². The Bertz CT molecular complexity index is 736. The monoisotopic (exact) mass is 278 g/mol. The zero-order chi connectivity index (χ0) is 15.2. The molecule has 0 bridgehead atoms. The van der Waals surface area contributed by atoms with Gasteiger partial charge in [0, 0.05) is 0 Å². The van der Waals surface area contributed by atoms with Crippen molar-refractivity contribution in [3.05, 3.63) is 48.0 Å². The second-order valence-corrected chi connectivity index (χ2v) is 4.85. The van der Waals surface area contributed by atoms with Crippen molar-refractivity contribution in [3.63, 3.8) is 0 Å². The van der Waals surface area contributed by atoms with Crippen molar-refractivity contribution in [2.45, 2.75) is 19.8 Å². The Hall–Kier alpha value is -2.80. The molecule has 0 heterocycles. The third kappa shape index (κ3) is 3.21. The first-order chi connectivity index (χ1) is 10.2. The van der Waals surface area contributed by atoms with Crippen LogP contribution < -0.4 is 0 Å². The molecule has 2 rings (SSSR count). The van der Waals surface area contributed by atoms with E-state index in [2.05, 4.69) is 9.98 Å². The van der Waals surface area contributed by atoms with Gasteiger partial charge in [-0.1, -0.05) is 38.1 Å². The molecule has 0 unspecified atom stereocenters. The maximum absolute atomic E-state index is 10.6. The number of carbonyl (C=O) groups excluding carboxylic acids is 2. The molecule has 0 fully saturated rings. The number of hydrogen-bond acceptors (Lipinski definition) is 4. The molecule has 0 aliphatic carbocycles. The minimum atomic E-state index is 0.209. The van der Waals surface area contributed by atoms with E-state index >= 15 is 0 Å². The predicted octanol–water partition coefficient (Wildman–Crippen LogP) is 4.41. The van der Waals surface area contributed by atoms with Crippen LogP contribution in [0.25, 0.3) is 11.1 Å². The van der Waals surface area contributed by atoms with Gasteiger partial charge in [0.05, 0.1) is 11.4 Å². The fraction of sp³-hybridized carbons (Fsp3) is 0.176. The van der Waals surface area contributed by atoms with Crippen LogP contribution >= 0.6 is 0 Å². The molecule has 0 radical (unpaired) electrons. The van der Waals surface area contributed by atoms with Gasteiger partial charge in [0.2, 0.25) is 12.2 Å². The number of benzene rings is 2. The van der Waals surface area contributed by atoms with E-state index in [0.717, 1.165) is 16.7 Å². The summed E-state index contributed by atoms with van der Waals surface area (Å²) in [5.41, 5.74) is 4.16. The molecule has 0 aromatic heterocycles. The Morgan fingerprint density at radius 3 is 2.14 bits per heavy atom. The van der Waals surface area contributed by atoms with Crippen LogP contribution in [0.3, 0.4) is 0 Å². The summed E-state index contributed by atoms with van der Waals surface area (Å²) in [6.07, 6.45) is 3.12. The van der Waals surface area contributed by atoms with Gasteiger partial charge >= 0.3 is 0 Å². The molecule has 4 nitrogen and oxygen atoms in total. The molecule has 0 aliphatic rings. The second-order valence-electron chi connectivity index (χ2n) is 4.85. The standard InChI is InChI=1S/C17H14N2O2/c1-12(2)17-15(4-3-5-16(17)19-11-21)13-6-8-14(9-7-13)18-10-20/h3-9,12H,1-2H3. The fourth-order valence-electron chi connectivity index (χ4n) is 2.33. The number of rotatable bonds is 4. The number of nitrogens with zero attached hydrogens (tertiary/aromatic N) is 2. The number of aliphatic imine (C=N–C) groups is 2. The van der Waals surface area contributed by atoms with Crippen LogP contribution in [0.5, 0.6) is 0 Å². The minimum absolute atomic E-state index is 0.209. The first-order valence-electron chi connectivity index (χ1n) is 6.56. The van der Waals surface area contributed by atoms with E-state index in [-0.39, 0.29) is 5.92 Å². The van der Waals surface area contributed by atoms with Crippen LogP contribution in [0.4, 0.5) is 11.4 Å². The smallest absolute Gasteiger partial charge is 0.211 e. The lowest BCUT2D eigenvalue weighted by Crippen LogP contribution is -1.93. The Morgan fingerprint density at radius 2 is 1.57 bits per heavy atom. The lowest BCUT2D eigenvalue weighted by Gasteiger charge is -2.15. The zero-order valence-corrected chi connectivity index (χ0v) is 11.8. The van der Waals surface area contributed by atoms with Crippen molar-refractivity contribution in [3.8, 4) is 11.1 Å². The molecule has 4 heteroatoms. The van der Waals surface area contributed by atoms with E-state index in [0.29, 0.717) is 11.4 Å². The summed E-state index contributed by atoms with van der Waals surface area (Å²) >= 11 is 0. The molecule has 0 aliphatic heterocycles. The third-order valence-corrected chi connectivity index (χ3v) is 3.18. The van der Waals surface area contributed by atoms with E-state index in [1.165, 1.54) is 6.08 Å². The molecular weight excluding hydrogens is 264 g/mol. The van der Waals surface area contributed by atoms with Crippen molar-refractivity contribution >= 4 is 23.5 Å². The first-order valence-corrected chi connectivity index (χ1v) is 6.56. The van der Waals surface area contributed by atoms with Gasteiger partial charge in [-0.2, -0.15) is 9.98 Å². The second kappa shape index (κ2) is 6.58. The Balaban J connectivity index is 2.59. The van der Waals surface area contributed by atoms with Crippen LogP contribution in [0.1, 0.15) is 25.3 Å². The summed E-state index contributed by atoms with van der Waals surface area (Å²) in [7, 11) is 0. The highest BCUT2D eigenvalue weighted by atomic mass is 16.1. The van der Waals surface area contributed by atoms with Gasteiger partial charge in [-0.3, -0.25) is 0 Å². The molecule has 0 N–H and O–H groups in total. The van der Waals surface area contributed by atoms with Gasteiger partial charge in [0.1, 0.15) is 0 Å². The average molecular weight is 278 g/mol. The van der Waals surface area contributed by atoms with E-state index in [9.17, 15) is 9.59 Å². The lowest BCUT2D eigenvalue weighted by molar-refractivity contribution is 0.564. The zero-order valence-electron chi connectivity index (χ0n) is 11.8. The molecular formula is C17H14N2O2. The van der Waals surface area contributed by atoms with E-state index in [1.807, 2.05) is 38.1 Å². The van der Waals surface area contributed by atoms with Gasteiger partial charge in [0.25, 0.3) is 0 Å². The molecule has 0 saturated carbocycles. The van der Waals surface area contributed by atoms with E-state index in [1.54, 1.807) is 24.3 Å². The molecule has 2 aromatic rings. The molecule has 0 atom stereocenters. The molecule has 104 valence electrons. The van der Waals surface area contributed by atoms with Crippen molar-refractivity contribution in [1.29, 1.82) is 0 Å². The van der Waals surface area contributed by atoms with Crippen molar-refractivity contribution < 1.29 is 9.59 Å². The summed E-state index contributed by atoms with van der Waals surface area (Å²) < 4.78 is 0. The SMILES string of the molecule is CC(C)c1c(N=C=O)cccc1-c1ccc(N=C=O)cc1. The Kier molecular flexibility index (Phi) is 4.57. The Labute approximate surface area is 122 Å². The summed E-state index contributed by atoms with van der Waals surface area (Å²) in [6, 6.07) is 12.9. The highest BCUT2D eigenvalue weighted by molar-refractivity contribution is 5.75. The van der Waals surface area contributed by atoms with Gasteiger partial charge in [0.15, 0.2) is 0 Å². The van der Waals surface area contributed by atoms with Crippen LogP contribution in [0.2, 0.25) is 0 Å². The first kappa shape index (κ1) is 14.6. The summed E-state index contributed by atoms with van der Waals surface area (Å²) in [4.78, 5) is 28.2. The Morgan fingerprint density at radius 1 is 0.905 bits per heavy atom. The van der Waals surface area contributed by atoms with Gasteiger partial charge in [-0.05, 0) is 40.8 Å². The summed E-state index contributed by atoms with van der Waals surface area (Å²) in [5.74, 6) is 0.209. The van der Waals surface area contributed by atoms with E-state index in [4.69, 9.17) is 0 Å². The predicted molar refractivity (Wildman–Crippen MR) is 81.5 cm³/mol. The lowest BCUT2D eigenvalue weighted by atomic mass is 9.91. The quantitative estimate of drug-likeness (QED) is 0.614. The maximum Gasteiger partial charge on any atom is 0.240 e. The fourth-order valence-corrected chi connectivity index (χ4v) is 2.33. The molecule has 0 saturated heterocycles. The highest BCUT2D eigenvalue weighted by Crippen LogP contribution is 2.36. The molecule has 21 heavy (non-hydrogen) atoms. The van der Waals surface area contributed by atoms with E-state index < -0.39 is 0 Å². The highest BCUT2D eigenvalue weighted by Gasteiger charge is 2.13. The number of isocyanates is 2. The van der Waals surface area contributed by atoms with Crippen LogP contribution in [-0.2, 0) is 9.59 Å². The summed E-state index contributed by atoms with van der Waals surface area (Å²) in [6.45, 7) is 4.10. The van der Waals surface area contributed by atoms with Crippen molar-refractivity contribution in [2.75, 3.05) is 0 Å². The van der Waals surface area contributed by atoms with Crippen LogP contribution in [0.15, 0.2) is 52.4 Å². The van der Waals surface area contributed by atoms with Crippen molar-refractivity contribution in [2.24, 2.45) is 9.98 Å². The van der Waals surface area contributed by atoms with Crippen LogP contribution in [-0.4, -0.2) is 12.2 Å². The average Bonchev–Trinajstić information content (AvgIpc) is 2.48. The molecule has 0 spiro atoms. The van der Waals surface area contributed by atoms with Gasteiger partial charge < -0.3 is 0 Å². The molecule has 2 aromatic carbocycles. The summed E-state index contributed by atoms with van der Waals surface area (Å²) in [5, 5.41) is 0. The normalized spacial score (nSPS) is 9.86. The topological polar surface area (TPSA) is 58.9 Å². The largest absolute Gasteiger partial charge is 0.240 e.